The minimum absolute atomic E-state index is 0. The monoisotopic (exact) mass is 551 g/mol. The zero-order valence-corrected chi connectivity index (χ0v) is 20.0. The Kier molecular flexibility index (Phi) is 12.3. The van der Waals surface area contributed by atoms with Gasteiger partial charge < -0.3 is 20.1 Å². The first-order chi connectivity index (χ1) is 14.4. The highest BCUT2D eigenvalue weighted by Gasteiger charge is 2.27. The van der Waals surface area contributed by atoms with Gasteiger partial charge in [0.05, 0.1) is 13.2 Å². The highest BCUT2D eigenvalue weighted by Crippen LogP contribution is 2.18. The van der Waals surface area contributed by atoms with Crippen molar-refractivity contribution in [1.82, 2.24) is 10.6 Å². The van der Waals surface area contributed by atoms with Crippen LogP contribution in [0.15, 0.2) is 53.5 Å². The van der Waals surface area contributed by atoms with Crippen molar-refractivity contribution in [3.8, 4) is 5.75 Å². The Morgan fingerprint density at radius 2 is 1.68 bits per heavy atom. The summed E-state index contributed by atoms with van der Waals surface area (Å²) in [7, 11) is 1.70. The Morgan fingerprint density at radius 1 is 1.00 bits per heavy atom. The lowest BCUT2D eigenvalue weighted by atomic mass is 10.1. The molecule has 0 unspecified atom stereocenters. The molecule has 0 aliphatic carbocycles. The van der Waals surface area contributed by atoms with Crippen LogP contribution in [0, 0.1) is 0 Å². The summed E-state index contributed by atoms with van der Waals surface area (Å²) in [6, 6.07) is 15.2. The number of hydrogen-bond donors (Lipinski definition) is 2. The van der Waals surface area contributed by atoms with Crippen LogP contribution in [0.5, 0.6) is 5.75 Å². The van der Waals surface area contributed by atoms with Crippen LogP contribution in [-0.2, 0) is 24.3 Å². The summed E-state index contributed by atoms with van der Waals surface area (Å²) in [4.78, 5) is 4.21. The molecular weight excluding hydrogens is 522 g/mol. The lowest BCUT2D eigenvalue weighted by Gasteiger charge is -2.14. The van der Waals surface area contributed by atoms with E-state index in [1.807, 2.05) is 43.3 Å². The first-order valence-electron chi connectivity index (χ1n) is 9.79. The first kappa shape index (κ1) is 27.0. The fraction of sp³-hybridized carbons (Fsp3) is 0.409. The summed E-state index contributed by atoms with van der Waals surface area (Å²) in [6.45, 7) is 2.51. The second kappa shape index (κ2) is 14.1. The summed E-state index contributed by atoms with van der Waals surface area (Å²) in [5.74, 6) is 1.56. The maximum atomic E-state index is 12.1. The second-order valence-corrected chi connectivity index (χ2v) is 6.57. The van der Waals surface area contributed by atoms with E-state index in [1.165, 1.54) is 0 Å². The molecular formula is C22H29F3IN3O2. The van der Waals surface area contributed by atoms with Gasteiger partial charge in [-0.1, -0.05) is 42.5 Å². The van der Waals surface area contributed by atoms with Crippen molar-refractivity contribution in [2.45, 2.75) is 32.7 Å². The maximum Gasteiger partial charge on any atom is 0.411 e. The van der Waals surface area contributed by atoms with Crippen molar-refractivity contribution in [3.05, 3.63) is 65.2 Å². The summed E-state index contributed by atoms with van der Waals surface area (Å²) in [5.41, 5.74) is 2.81. The number of aliphatic imine (C=N–C) groups is 1. The molecule has 0 aromatic heterocycles. The molecule has 0 bridgehead atoms. The zero-order chi connectivity index (χ0) is 21.8. The Balaban J connectivity index is 0.00000480. The van der Waals surface area contributed by atoms with Gasteiger partial charge in [-0.2, -0.15) is 13.2 Å². The minimum atomic E-state index is -4.31. The molecule has 2 aromatic carbocycles. The van der Waals surface area contributed by atoms with Gasteiger partial charge in [-0.25, -0.2) is 0 Å². The van der Waals surface area contributed by atoms with E-state index in [0.717, 1.165) is 23.3 Å². The van der Waals surface area contributed by atoms with Gasteiger partial charge in [0, 0.05) is 20.1 Å². The van der Waals surface area contributed by atoms with Gasteiger partial charge >= 0.3 is 6.18 Å². The molecule has 5 nitrogen and oxygen atoms in total. The molecule has 0 saturated heterocycles. The van der Waals surface area contributed by atoms with Crippen LogP contribution in [0.4, 0.5) is 13.2 Å². The van der Waals surface area contributed by atoms with E-state index >= 15 is 0 Å². The average Bonchev–Trinajstić information content (AvgIpc) is 2.72. The van der Waals surface area contributed by atoms with Gasteiger partial charge in [-0.3, -0.25) is 4.99 Å². The molecule has 2 rings (SSSR count). The van der Waals surface area contributed by atoms with Crippen LogP contribution in [0.1, 0.15) is 23.6 Å². The Morgan fingerprint density at radius 3 is 2.32 bits per heavy atom. The van der Waals surface area contributed by atoms with Gasteiger partial charge in [-0.05, 0) is 36.1 Å². The average molecular weight is 551 g/mol. The Labute approximate surface area is 198 Å². The number of rotatable bonds is 10. The van der Waals surface area contributed by atoms with E-state index in [-0.39, 0.29) is 30.6 Å². The van der Waals surface area contributed by atoms with Crippen molar-refractivity contribution < 1.29 is 22.6 Å². The normalized spacial score (nSPS) is 11.6. The molecule has 9 heteroatoms. The number of benzene rings is 2. The molecule has 2 aromatic rings. The largest absolute Gasteiger partial charge is 0.494 e. The molecule has 2 N–H and O–H groups in total. The van der Waals surface area contributed by atoms with E-state index in [4.69, 9.17) is 4.74 Å². The topological polar surface area (TPSA) is 54.9 Å². The van der Waals surface area contributed by atoms with Crippen LogP contribution >= 0.6 is 24.0 Å². The number of guanidine groups is 1. The van der Waals surface area contributed by atoms with Crippen LogP contribution in [0.25, 0.3) is 0 Å². The van der Waals surface area contributed by atoms with Gasteiger partial charge in [0.25, 0.3) is 0 Å². The SMILES string of the molecule is CCOc1ccccc1CCNC(=NC)NCc1ccc(COCC(F)(F)F)cc1.I. The third-order valence-corrected chi connectivity index (χ3v) is 4.20. The lowest BCUT2D eigenvalue weighted by Crippen LogP contribution is -2.37. The molecule has 0 heterocycles. The molecule has 0 aliphatic rings. The fourth-order valence-corrected chi connectivity index (χ4v) is 2.77. The molecule has 0 atom stereocenters. The van der Waals surface area contributed by atoms with Crippen LogP contribution in [0.2, 0.25) is 0 Å². The molecule has 0 amide bonds. The number of ether oxygens (including phenoxy) is 2. The zero-order valence-electron chi connectivity index (χ0n) is 17.7. The van der Waals surface area contributed by atoms with E-state index in [9.17, 15) is 13.2 Å². The number of nitrogens with zero attached hydrogens (tertiary/aromatic N) is 1. The van der Waals surface area contributed by atoms with E-state index in [2.05, 4.69) is 20.4 Å². The van der Waals surface area contributed by atoms with E-state index < -0.39 is 12.8 Å². The number of alkyl halides is 3. The minimum Gasteiger partial charge on any atom is -0.494 e. The van der Waals surface area contributed by atoms with Crippen molar-refractivity contribution >= 4 is 29.9 Å². The molecule has 31 heavy (non-hydrogen) atoms. The summed E-state index contributed by atoms with van der Waals surface area (Å²) >= 11 is 0. The highest BCUT2D eigenvalue weighted by atomic mass is 127. The standard InChI is InChI=1S/C22H28F3N3O2.HI/c1-3-30-20-7-5-4-6-19(20)12-13-27-21(26-2)28-14-17-8-10-18(11-9-17)15-29-16-22(23,24)25;/h4-11H,3,12-16H2,1-2H3,(H2,26,27,28);1H. The molecule has 0 radical (unpaired) electrons. The number of hydrogen-bond acceptors (Lipinski definition) is 3. The van der Waals surface area contributed by atoms with Crippen LogP contribution < -0.4 is 15.4 Å². The third-order valence-electron chi connectivity index (χ3n) is 4.20. The lowest BCUT2D eigenvalue weighted by molar-refractivity contribution is -0.176. The van der Waals surface area contributed by atoms with Crippen molar-refractivity contribution in [2.75, 3.05) is 26.8 Å². The quantitative estimate of drug-likeness (QED) is 0.256. The van der Waals surface area contributed by atoms with Gasteiger partial charge in [-0.15, -0.1) is 24.0 Å². The van der Waals surface area contributed by atoms with Crippen molar-refractivity contribution in [1.29, 1.82) is 0 Å². The fourth-order valence-electron chi connectivity index (χ4n) is 2.77. The molecule has 0 fully saturated rings. The number of para-hydroxylation sites is 1. The maximum absolute atomic E-state index is 12.1. The summed E-state index contributed by atoms with van der Waals surface area (Å²) in [5, 5.41) is 6.49. The van der Waals surface area contributed by atoms with Crippen LogP contribution in [-0.4, -0.2) is 38.9 Å². The molecule has 172 valence electrons. The van der Waals surface area contributed by atoms with E-state index in [0.29, 0.717) is 31.2 Å². The Bertz CT molecular complexity index is 799. The predicted octanol–water partition coefficient (Wildman–Crippen LogP) is 4.69. The predicted molar refractivity (Wildman–Crippen MR) is 127 cm³/mol. The molecule has 0 aliphatic heterocycles. The van der Waals surface area contributed by atoms with Crippen molar-refractivity contribution in [2.24, 2.45) is 4.99 Å². The number of nitrogens with one attached hydrogen (secondary N) is 2. The first-order valence-corrected chi connectivity index (χ1v) is 9.79. The van der Waals surface area contributed by atoms with Gasteiger partial charge in [0.2, 0.25) is 0 Å². The smallest absolute Gasteiger partial charge is 0.411 e. The van der Waals surface area contributed by atoms with Crippen LogP contribution in [0.3, 0.4) is 0 Å². The van der Waals surface area contributed by atoms with Crippen molar-refractivity contribution in [3.63, 3.8) is 0 Å². The highest BCUT2D eigenvalue weighted by molar-refractivity contribution is 14.0. The second-order valence-electron chi connectivity index (χ2n) is 6.57. The van der Waals surface area contributed by atoms with Gasteiger partial charge in [0.15, 0.2) is 5.96 Å². The van der Waals surface area contributed by atoms with E-state index in [1.54, 1.807) is 19.2 Å². The Hall–Kier alpha value is -2.01. The molecule has 0 saturated carbocycles. The molecule has 0 spiro atoms. The summed E-state index contributed by atoms with van der Waals surface area (Å²) < 4.78 is 46.6. The third kappa shape index (κ3) is 10.7. The number of halogens is 4. The van der Waals surface area contributed by atoms with Gasteiger partial charge in [0.1, 0.15) is 12.4 Å². The summed E-state index contributed by atoms with van der Waals surface area (Å²) in [6.07, 6.45) is -3.51.